The Morgan fingerprint density at radius 2 is 1.89 bits per heavy atom. The summed E-state index contributed by atoms with van der Waals surface area (Å²) in [7, 11) is 0. The van der Waals surface area contributed by atoms with Gasteiger partial charge in [-0.3, -0.25) is 14.7 Å². The summed E-state index contributed by atoms with van der Waals surface area (Å²) in [6, 6.07) is 12.3. The van der Waals surface area contributed by atoms with Gasteiger partial charge < -0.3 is 9.72 Å². The third-order valence-corrected chi connectivity index (χ3v) is 6.77. The normalized spacial score (nSPS) is 18.1. The molecule has 8 heteroatoms. The van der Waals surface area contributed by atoms with Crippen LogP contribution in [0.4, 0.5) is 13.2 Å². The monoisotopic (exact) mass is 507 g/mol. The van der Waals surface area contributed by atoms with Gasteiger partial charge in [-0.25, -0.2) is 13.2 Å². The molecular weight excluding hydrogens is 479 g/mol. The fourth-order valence-electron chi connectivity index (χ4n) is 5.15. The topological polar surface area (TPSA) is 58.2 Å². The lowest BCUT2D eigenvalue weighted by molar-refractivity contribution is 0.0642. The number of nitrogens with zero attached hydrogens (tertiary/aromatic N) is 2. The smallest absolute Gasteiger partial charge is 0.151 e. The van der Waals surface area contributed by atoms with Crippen molar-refractivity contribution >= 4 is 17.2 Å². The minimum absolute atomic E-state index is 0.00717. The highest BCUT2D eigenvalue weighted by molar-refractivity contribution is 5.85. The number of aromatic nitrogens is 2. The van der Waals surface area contributed by atoms with Crippen molar-refractivity contribution in [3.8, 4) is 5.75 Å². The molecule has 0 saturated carbocycles. The third-order valence-electron chi connectivity index (χ3n) is 6.77. The molecule has 0 saturated heterocycles. The lowest BCUT2D eigenvalue weighted by Crippen LogP contribution is -2.48. The van der Waals surface area contributed by atoms with Gasteiger partial charge in [-0.2, -0.15) is 0 Å². The second-order valence-electron chi connectivity index (χ2n) is 10.2. The number of rotatable bonds is 7. The molecular formula is C29H28F3N3O2. The Kier molecular flexibility index (Phi) is 6.54. The number of alkyl halides is 1. The van der Waals surface area contributed by atoms with Crippen molar-refractivity contribution in [2.45, 2.75) is 51.6 Å². The Bertz CT molecular complexity index is 1420. The van der Waals surface area contributed by atoms with Gasteiger partial charge in [0.05, 0.1) is 11.7 Å². The van der Waals surface area contributed by atoms with Crippen molar-refractivity contribution in [1.82, 2.24) is 14.9 Å². The number of hydrogen-bond donors (Lipinski definition) is 1. The molecule has 0 bridgehead atoms. The highest BCUT2D eigenvalue weighted by Gasteiger charge is 2.41. The molecule has 2 aromatic heterocycles. The molecule has 2 atom stereocenters. The number of hydrogen-bond acceptors (Lipinski definition) is 4. The van der Waals surface area contributed by atoms with Gasteiger partial charge in [0.25, 0.3) is 0 Å². The Labute approximate surface area is 213 Å². The van der Waals surface area contributed by atoms with E-state index in [1.165, 1.54) is 20.0 Å². The SMILES string of the molecule is C[C@@H]1Cc2c([nH]c3ccccc23)[C@@H](c2c(F)cc(OCc3ccc(C=O)cn3)cc2F)N1CC(C)(C)F. The summed E-state index contributed by atoms with van der Waals surface area (Å²) >= 11 is 0. The summed E-state index contributed by atoms with van der Waals surface area (Å²) in [5, 5.41) is 1.00. The summed E-state index contributed by atoms with van der Waals surface area (Å²) in [6.07, 6.45) is 2.71. The van der Waals surface area contributed by atoms with Crippen LogP contribution in [0.3, 0.4) is 0 Å². The number of H-pyrrole nitrogens is 1. The zero-order valence-corrected chi connectivity index (χ0v) is 20.9. The third kappa shape index (κ3) is 4.98. The van der Waals surface area contributed by atoms with Crippen LogP contribution in [0.15, 0.2) is 54.7 Å². The Morgan fingerprint density at radius 3 is 2.54 bits per heavy atom. The average Bonchev–Trinajstić information content (AvgIpc) is 3.21. The number of carbonyl (C=O) groups is 1. The highest BCUT2D eigenvalue weighted by Crippen LogP contribution is 2.43. The molecule has 0 aliphatic carbocycles. The van der Waals surface area contributed by atoms with Crippen LogP contribution >= 0.6 is 0 Å². The molecule has 4 aromatic rings. The van der Waals surface area contributed by atoms with Crippen LogP contribution in [-0.2, 0) is 13.0 Å². The van der Waals surface area contributed by atoms with Crippen LogP contribution in [0.25, 0.3) is 10.9 Å². The largest absolute Gasteiger partial charge is 0.487 e. The second kappa shape index (κ2) is 9.67. The van der Waals surface area contributed by atoms with E-state index in [9.17, 15) is 9.18 Å². The number of aldehydes is 1. The summed E-state index contributed by atoms with van der Waals surface area (Å²) in [6.45, 7) is 4.88. The zero-order valence-electron chi connectivity index (χ0n) is 20.9. The van der Waals surface area contributed by atoms with Crippen molar-refractivity contribution in [1.29, 1.82) is 0 Å². The van der Waals surface area contributed by atoms with Crippen LogP contribution in [0.2, 0.25) is 0 Å². The Morgan fingerprint density at radius 1 is 1.16 bits per heavy atom. The maximum Gasteiger partial charge on any atom is 0.151 e. The molecule has 0 fully saturated rings. The van der Waals surface area contributed by atoms with Crippen LogP contribution < -0.4 is 4.74 Å². The number of benzene rings is 2. The Balaban J connectivity index is 1.54. The molecule has 3 heterocycles. The van der Waals surface area contributed by atoms with Crippen molar-refractivity contribution in [2.75, 3.05) is 6.54 Å². The zero-order chi connectivity index (χ0) is 26.3. The number of para-hydroxylation sites is 1. The summed E-state index contributed by atoms with van der Waals surface area (Å²) in [4.78, 5) is 20.1. The van der Waals surface area contributed by atoms with Gasteiger partial charge in [-0.15, -0.1) is 0 Å². The van der Waals surface area contributed by atoms with Gasteiger partial charge in [-0.05, 0) is 51.0 Å². The summed E-state index contributed by atoms with van der Waals surface area (Å²) in [5.41, 5.74) is 1.75. The molecule has 192 valence electrons. The first-order valence-electron chi connectivity index (χ1n) is 12.2. The van der Waals surface area contributed by atoms with Gasteiger partial charge in [0.1, 0.15) is 29.7 Å². The predicted molar refractivity (Wildman–Crippen MR) is 136 cm³/mol. The predicted octanol–water partition coefficient (Wildman–Crippen LogP) is 6.32. The van der Waals surface area contributed by atoms with Gasteiger partial charge in [0, 0.05) is 58.6 Å². The van der Waals surface area contributed by atoms with Crippen LogP contribution in [0.5, 0.6) is 5.75 Å². The lowest BCUT2D eigenvalue weighted by Gasteiger charge is -2.43. The molecule has 1 N–H and O–H groups in total. The molecule has 5 nitrogen and oxygen atoms in total. The van der Waals surface area contributed by atoms with Crippen molar-refractivity contribution in [3.63, 3.8) is 0 Å². The van der Waals surface area contributed by atoms with E-state index >= 15 is 8.78 Å². The lowest BCUT2D eigenvalue weighted by atomic mass is 9.87. The summed E-state index contributed by atoms with van der Waals surface area (Å²) in [5.74, 6) is -1.53. The van der Waals surface area contributed by atoms with Crippen molar-refractivity contribution < 1.29 is 22.7 Å². The van der Waals surface area contributed by atoms with Crippen molar-refractivity contribution in [3.05, 3.63) is 94.4 Å². The second-order valence-corrected chi connectivity index (χ2v) is 10.2. The molecule has 2 aromatic carbocycles. The van der Waals surface area contributed by atoms with Crippen LogP contribution in [-0.4, -0.2) is 39.4 Å². The molecule has 1 aliphatic rings. The minimum atomic E-state index is -1.57. The number of aromatic amines is 1. The molecule has 1 aliphatic heterocycles. The molecule has 0 unspecified atom stereocenters. The molecule has 0 spiro atoms. The molecule has 5 rings (SSSR count). The van der Waals surface area contributed by atoms with Gasteiger partial charge in [0.2, 0.25) is 0 Å². The number of ether oxygens (including phenoxy) is 1. The van der Waals surface area contributed by atoms with Gasteiger partial charge in [-0.1, -0.05) is 18.2 Å². The molecule has 37 heavy (non-hydrogen) atoms. The van der Waals surface area contributed by atoms with Crippen molar-refractivity contribution in [2.24, 2.45) is 0 Å². The first-order valence-corrected chi connectivity index (χ1v) is 12.2. The van der Waals surface area contributed by atoms with E-state index in [0.717, 1.165) is 28.6 Å². The minimum Gasteiger partial charge on any atom is -0.487 e. The van der Waals surface area contributed by atoms with Crippen LogP contribution in [0.1, 0.15) is 59.7 Å². The van der Waals surface area contributed by atoms with E-state index in [4.69, 9.17) is 4.74 Å². The van der Waals surface area contributed by atoms with E-state index in [0.29, 0.717) is 29.7 Å². The first kappa shape index (κ1) is 25.0. The van der Waals surface area contributed by atoms with E-state index in [1.807, 2.05) is 36.1 Å². The van der Waals surface area contributed by atoms with Crippen LogP contribution in [0, 0.1) is 11.6 Å². The first-order chi connectivity index (χ1) is 17.6. The van der Waals surface area contributed by atoms with E-state index < -0.39 is 23.3 Å². The maximum atomic E-state index is 15.7. The van der Waals surface area contributed by atoms with E-state index in [2.05, 4.69) is 9.97 Å². The summed E-state index contributed by atoms with van der Waals surface area (Å²) < 4.78 is 51.9. The van der Waals surface area contributed by atoms with Gasteiger partial charge >= 0.3 is 0 Å². The number of fused-ring (bicyclic) bond motifs is 3. The average molecular weight is 508 g/mol. The van der Waals surface area contributed by atoms with Gasteiger partial charge in [0.15, 0.2) is 6.29 Å². The van der Waals surface area contributed by atoms with E-state index in [-0.39, 0.29) is 30.5 Å². The highest BCUT2D eigenvalue weighted by atomic mass is 19.1. The van der Waals surface area contributed by atoms with E-state index in [1.54, 1.807) is 12.1 Å². The Hall–Kier alpha value is -3.65. The molecule has 0 amide bonds. The number of carbonyl (C=O) groups excluding carboxylic acids is 1. The molecule has 0 radical (unpaired) electrons. The standard InChI is InChI=1S/C29H28F3N3O2/c1-17-10-22-21-6-4-5-7-25(21)34-27(22)28(35(17)16-29(2,3)32)26-23(30)11-20(12-24(26)31)37-15-19-9-8-18(14-36)13-33-19/h4-9,11-14,17,28,34H,10,15-16H2,1-3H3/t17-,28-/m1/s1. The fraction of sp³-hybridized carbons (Fsp3) is 0.310. The number of halogens is 3. The number of nitrogens with one attached hydrogen (secondary N) is 1. The number of pyridine rings is 1. The fourth-order valence-corrected chi connectivity index (χ4v) is 5.15. The maximum absolute atomic E-state index is 15.7. The quantitative estimate of drug-likeness (QED) is 0.298.